The zero-order chi connectivity index (χ0) is 16.3. The van der Waals surface area contributed by atoms with Crippen molar-refractivity contribution in [2.45, 2.75) is 11.8 Å². The standard InChI is InChI=1S/C14H12Cl2N2O3S/c1-9(19)17-11-3-5-12(6-4-11)22(20,21)18-14-7-2-10(15)8-13(14)16/h2-8,18H,1H3,(H,17,19). The zero-order valence-electron chi connectivity index (χ0n) is 11.4. The Morgan fingerprint density at radius 3 is 2.23 bits per heavy atom. The highest BCUT2D eigenvalue weighted by molar-refractivity contribution is 7.92. The molecule has 0 aliphatic heterocycles. The molecule has 0 aliphatic rings. The van der Waals surface area contributed by atoms with Gasteiger partial charge in [-0.25, -0.2) is 8.42 Å². The minimum Gasteiger partial charge on any atom is -0.326 e. The van der Waals surface area contributed by atoms with Gasteiger partial charge < -0.3 is 5.32 Å². The van der Waals surface area contributed by atoms with Gasteiger partial charge in [0.05, 0.1) is 15.6 Å². The lowest BCUT2D eigenvalue weighted by Crippen LogP contribution is -2.13. The molecule has 2 aromatic rings. The topological polar surface area (TPSA) is 75.3 Å². The second kappa shape index (κ2) is 6.56. The molecular weight excluding hydrogens is 347 g/mol. The summed E-state index contributed by atoms with van der Waals surface area (Å²) in [5, 5.41) is 3.17. The molecule has 2 rings (SSSR count). The van der Waals surface area contributed by atoms with E-state index in [2.05, 4.69) is 10.0 Å². The van der Waals surface area contributed by atoms with Crippen LogP contribution in [-0.2, 0) is 14.8 Å². The molecule has 1 amide bonds. The Hall–Kier alpha value is -1.76. The van der Waals surface area contributed by atoms with Crippen LogP contribution in [0.15, 0.2) is 47.4 Å². The van der Waals surface area contributed by atoms with Crippen LogP contribution < -0.4 is 10.0 Å². The van der Waals surface area contributed by atoms with Crippen molar-refractivity contribution in [1.82, 2.24) is 0 Å². The lowest BCUT2D eigenvalue weighted by molar-refractivity contribution is -0.114. The van der Waals surface area contributed by atoms with E-state index in [1.165, 1.54) is 49.4 Å². The first-order valence-corrected chi connectivity index (χ1v) is 8.37. The van der Waals surface area contributed by atoms with Gasteiger partial charge in [-0.15, -0.1) is 0 Å². The first-order chi connectivity index (χ1) is 10.3. The molecule has 0 aromatic heterocycles. The lowest BCUT2D eigenvalue weighted by Gasteiger charge is -2.10. The predicted molar refractivity (Wildman–Crippen MR) is 88.0 cm³/mol. The molecule has 0 unspecified atom stereocenters. The summed E-state index contributed by atoms with van der Waals surface area (Å²) >= 11 is 11.7. The Bertz CT molecular complexity index is 805. The molecule has 0 radical (unpaired) electrons. The van der Waals surface area contributed by atoms with Crippen LogP contribution in [0.2, 0.25) is 10.0 Å². The minimum atomic E-state index is -3.78. The number of nitrogens with one attached hydrogen (secondary N) is 2. The Labute approximate surface area is 138 Å². The molecule has 0 spiro atoms. The lowest BCUT2D eigenvalue weighted by atomic mass is 10.3. The first kappa shape index (κ1) is 16.6. The van der Waals surface area contributed by atoms with Crippen LogP contribution >= 0.6 is 23.2 Å². The normalized spacial score (nSPS) is 11.0. The molecule has 2 N–H and O–H groups in total. The summed E-state index contributed by atoms with van der Waals surface area (Å²) < 4.78 is 26.9. The molecule has 0 heterocycles. The first-order valence-electron chi connectivity index (χ1n) is 6.13. The quantitative estimate of drug-likeness (QED) is 0.873. The Balaban J connectivity index is 2.24. The molecule has 2 aromatic carbocycles. The smallest absolute Gasteiger partial charge is 0.261 e. The maximum Gasteiger partial charge on any atom is 0.261 e. The molecule has 0 aliphatic carbocycles. The molecule has 8 heteroatoms. The second-order valence-electron chi connectivity index (χ2n) is 4.44. The van der Waals surface area contributed by atoms with Gasteiger partial charge in [-0.1, -0.05) is 23.2 Å². The summed E-state index contributed by atoms with van der Waals surface area (Å²) in [6, 6.07) is 10.2. The van der Waals surface area contributed by atoms with Gasteiger partial charge in [0.25, 0.3) is 10.0 Å². The van der Waals surface area contributed by atoms with E-state index in [9.17, 15) is 13.2 Å². The van der Waals surface area contributed by atoms with E-state index >= 15 is 0 Å². The van der Waals surface area contributed by atoms with Crippen molar-refractivity contribution in [2.24, 2.45) is 0 Å². The Morgan fingerprint density at radius 1 is 1.05 bits per heavy atom. The van der Waals surface area contributed by atoms with E-state index in [0.717, 1.165) is 0 Å². The maximum absolute atomic E-state index is 12.3. The average Bonchev–Trinajstić information content (AvgIpc) is 2.42. The van der Waals surface area contributed by atoms with Gasteiger partial charge in [-0.2, -0.15) is 0 Å². The molecule has 0 saturated heterocycles. The molecule has 0 saturated carbocycles. The number of benzene rings is 2. The number of hydrogen-bond acceptors (Lipinski definition) is 3. The van der Waals surface area contributed by atoms with E-state index in [1.807, 2.05) is 0 Å². The third kappa shape index (κ3) is 4.13. The van der Waals surface area contributed by atoms with Crippen LogP contribution in [0.25, 0.3) is 0 Å². The Kier molecular flexibility index (Phi) is 4.95. The highest BCUT2D eigenvalue weighted by Crippen LogP contribution is 2.27. The zero-order valence-corrected chi connectivity index (χ0v) is 13.8. The summed E-state index contributed by atoms with van der Waals surface area (Å²) in [7, 11) is -3.78. The Morgan fingerprint density at radius 2 is 1.68 bits per heavy atom. The molecule has 0 bridgehead atoms. The summed E-state index contributed by atoms with van der Waals surface area (Å²) in [5.74, 6) is -0.235. The molecule has 22 heavy (non-hydrogen) atoms. The number of sulfonamides is 1. The molecule has 5 nitrogen and oxygen atoms in total. The van der Waals surface area contributed by atoms with Crippen molar-refractivity contribution < 1.29 is 13.2 Å². The van der Waals surface area contributed by atoms with Gasteiger partial charge in [0.2, 0.25) is 5.91 Å². The molecule has 116 valence electrons. The average molecular weight is 359 g/mol. The van der Waals surface area contributed by atoms with Crippen molar-refractivity contribution >= 4 is 50.5 Å². The van der Waals surface area contributed by atoms with Gasteiger partial charge in [-0.05, 0) is 42.5 Å². The fraction of sp³-hybridized carbons (Fsp3) is 0.0714. The van der Waals surface area contributed by atoms with Gasteiger partial charge in [0.15, 0.2) is 0 Å². The van der Waals surface area contributed by atoms with Crippen molar-refractivity contribution in [2.75, 3.05) is 10.0 Å². The monoisotopic (exact) mass is 358 g/mol. The predicted octanol–water partition coefficient (Wildman–Crippen LogP) is 3.75. The van der Waals surface area contributed by atoms with Crippen LogP contribution in [0.3, 0.4) is 0 Å². The van der Waals surface area contributed by atoms with Gasteiger partial charge in [0, 0.05) is 17.6 Å². The van der Waals surface area contributed by atoms with E-state index in [0.29, 0.717) is 10.7 Å². The van der Waals surface area contributed by atoms with Crippen LogP contribution in [-0.4, -0.2) is 14.3 Å². The van der Waals surface area contributed by atoms with Gasteiger partial charge in [-0.3, -0.25) is 9.52 Å². The van der Waals surface area contributed by atoms with Crippen LogP contribution in [0.5, 0.6) is 0 Å². The highest BCUT2D eigenvalue weighted by Gasteiger charge is 2.16. The van der Waals surface area contributed by atoms with Crippen LogP contribution in [0.4, 0.5) is 11.4 Å². The number of carbonyl (C=O) groups excluding carboxylic acids is 1. The SMILES string of the molecule is CC(=O)Nc1ccc(S(=O)(=O)Nc2ccc(Cl)cc2Cl)cc1. The summed E-state index contributed by atoms with van der Waals surface area (Å²) in [6.45, 7) is 1.37. The van der Waals surface area contributed by atoms with E-state index in [1.54, 1.807) is 0 Å². The van der Waals surface area contributed by atoms with E-state index in [-0.39, 0.29) is 21.5 Å². The number of anilines is 2. The fourth-order valence-electron chi connectivity index (χ4n) is 1.70. The van der Waals surface area contributed by atoms with Crippen LogP contribution in [0, 0.1) is 0 Å². The number of halogens is 2. The van der Waals surface area contributed by atoms with E-state index < -0.39 is 10.0 Å². The van der Waals surface area contributed by atoms with Crippen molar-refractivity contribution in [1.29, 1.82) is 0 Å². The largest absolute Gasteiger partial charge is 0.326 e. The van der Waals surface area contributed by atoms with Crippen molar-refractivity contribution in [3.63, 3.8) is 0 Å². The number of hydrogen-bond donors (Lipinski definition) is 2. The molecular formula is C14H12Cl2N2O3S. The van der Waals surface area contributed by atoms with E-state index in [4.69, 9.17) is 23.2 Å². The third-order valence-corrected chi connectivity index (χ3v) is 4.59. The van der Waals surface area contributed by atoms with Gasteiger partial charge >= 0.3 is 0 Å². The summed E-state index contributed by atoms with van der Waals surface area (Å²) in [6.07, 6.45) is 0. The number of carbonyl (C=O) groups is 1. The fourth-order valence-corrected chi connectivity index (χ4v) is 3.29. The summed E-state index contributed by atoms with van der Waals surface area (Å²) in [5.41, 5.74) is 0.743. The van der Waals surface area contributed by atoms with Crippen LogP contribution in [0.1, 0.15) is 6.92 Å². The maximum atomic E-state index is 12.3. The van der Waals surface area contributed by atoms with Gasteiger partial charge in [0.1, 0.15) is 0 Å². The highest BCUT2D eigenvalue weighted by atomic mass is 35.5. The van der Waals surface area contributed by atoms with Crippen molar-refractivity contribution in [3.8, 4) is 0 Å². The minimum absolute atomic E-state index is 0.0487. The third-order valence-electron chi connectivity index (χ3n) is 2.66. The second-order valence-corrected chi connectivity index (χ2v) is 6.96. The summed E-state index contributed by atoms with van der Waals surface area (Å²) in [4.78, 5) is 11.0. The number of amides is 1. The van der Waals surface area contributed by atoms with Crippen molar-refractivity contribution in [3.05, 3.63) is 52.5 Å². The molecule has 0 atom stereocenters. The number of rotatable bonds is 4. The molecule has 0 fully saturated rings.